The van der Waals surface area contributed by atoms with Crippen LogP contribution >= 0.6 is 22.1 Å². The monoisotopic (exact) mass is 350 g/mol. The summed E-state index contributed by atoms with van der Waals surface area (Å²) in [6.45, 7) is 5.69. The smallest absolute Gasteiger partial charge is 0.0925 e. The molecule has 0 aliphatic carbocycles. The van der Waals surface area contributed by atoms with Crippen molar-refractivity contribution < 1.29 is 8.37 Å². The molecule has 2 aromatic carbocycles. The minimum Gasteiger partial charge on any atom is -0.303 e. The number of benzene rings is 2. The Kier molecular flexibility index (Phi) is 10.1. The van der Waals surface area contributed by atoms with Gasteiger partial charge in [-0.2, -0.15) is 0 Å². The molecule has 0 aliphatic rings. The van der Waals surface area contributed by atoms with E-state index in [2.05, 4.69) is 62.4 Å². The molecule has 0 bridgehead atoms. The third kappa shape index (κ3) is 7.44. The Bertz CT molecular complexity index is 470. The molecule has 0 radical (unpaired) electrons. The summed E-state index contributed by atoms with van der Waals surface area (Å²) >= 11 is 2.62. The van der Waals surface area contributed by atoms with Gasteiger partial charge in [0.2, 0.25) is 0 Å². The van der Waals surface area contributed by atoms with Gasteiger partial charge in [-0.1, -0.05) is 81.9 Å². The predicted octanol–water partition coefficient (Wildman–Crippen LogP) is 6.47. The molecule has 0 aromatic heterocycles. The fourth-order valence-corrected chi connectivity index (χ4v) is 3.22. The SMILES string of the molecule is C.CC(COSSOCC(C)c1ccccc1)c1ccccc1. The van der Waals surface area contributed by atoms with Gasteiger partial charge in [0.05, 0.1) is 35.4 Å². The van der Waals surface area contributed by atoms with Gasteiger partial charge in [0.25, 0.3) is 0 Å². The first-order chi connectivity index (χ1) is 10.8. The van der Waals surface area contributed by atoms with Crippen molar-refractivity contribution in [2.24, 2.45) is 0 Å². The molecule has 2 rings (SSSR count). The molecule has 0 amide bonds. The fraction of sp³-hybridized carbons (Fsp3) is 0.368. The first-order valence-electron chi connectivity index (χ1n) is 7.45. The molecule has 0 fully saturated rings. The van der Waals surface area contributed by atoms with Gasteiger partial charge in [-0.15, -0.1) is 0 Å². The van der Waals surface area contributed by atoms with E-state index in [1.807, 2.05) is 12.1 Å². The third-order valence-electron chi connectivity index (χ3n) is 3.50. The Balaban J connectivity index is 0.00000264. The van der Waals surface area contributed by atoms with E-state index in [-0.39, 0.29) is 7.43 Å². The molecule has 23 heavy (non-hydrogen) atoms. The lowest BCUT2D eigenvalue weighted by molar-refractivity contribution is 0.339. The molecule has 0 saturated heterocycles. The van der Waals surface area contributed by atoms with Crippen LogP contribution in [0.4, 0.5) is 0 Å². The quantitative estimate of drug-likeness (QED) is 0.293. The Hall–Kier alpha value is -0.940. The second-order valence-corrected chi connectivity index (χ2v) is 6.89. The number of hydrogen-bond acceptors (Lipinski definition) is 4. The Morgan fingerprint density at radius 2 is 1.04 bits per heavy atom. The van der Waals surface area contributed by atoms with Crippen LogP contribution in [0.15, 0.2) is 60.7 Å². The fourth-order valence-electron chi connectivity index (χ4n) is 2.05. The lowest BCUT2D eigenvalue weighted by Crippen LogP contribution is -2.01. The van der Waals surface area contributed by atoms with Gasteiger partial charge in [-0.25, -0.2) is 0 Å². The molecular formula is C19H26O2S2. The van der Waals surface area contributed by atoms with E-state index in [0.29, 0.717) is 25.0 Å². The molecule has 2 nitrogen and oxygen atoms in total. The Morgan fingerprint density at radius 3 is 1.39 bits per heavy atom. The lowest BCUT2D eigenvalue weighted by Gasteiger charge is -2.12. The van der Waals surface area contributed by atoms with Crippen LogP contribution in [0.2, 0.25) is 0 Å². The van der Waals surface area contributed by atoms with Crippen molar-refractivity contribution in [3.05, 3.63) is 71.8 Å². The molecule has 0 N–H and O–H groups in total. The molecular weight excluding hydrogens is 324 g/mol. The van der Waals surface area contributed by atoms with Crippen LogP contribution in [0.1, 0.15) is 44.2 Å². The minimum absolute atomic E-state index is 0. The zero-order valence-electron chi connectivity index (χ0n) is 13.0. The van der Waals surface area contributed by atoms with Crippen molar-refractivity contribution in [2.45, 2.75) is 33.1 Å². The summed E-state index contributed by atoms with van der Waals surface area (Å²) in [5.41, 5.74) is 2.60. The van der Waals surface area contributed by atoms with E-state index >= 15 is 0 Å². The second kappa shape index (κ2) is 11.6. The molecule has 0 aliphatic heterocycles. The van der Waals surface area contributed by atoms with Gasteiger partial charge in [-0.05, 0) is 11.1 Å². The molecule has 2 unspecified atom stereocenters. The Morgan fingerprint density at radius 1 is 0.696 bits per heavy atom. The highest BCUT2D eigenvalue weighted by atomic mass is 33.1. The van der Waals surface area contributed by atoms with Gasteiger partial charge in [-0.3, -0.25) is 0 Å². The van der Waals surface area contributed by atoms with Crippen molar-refractivity contribution in [3.8, 4) is 0 Å². The van der Waals surface area contributed by atoms with Crippen LogP contribution in [0.25, 0.3) is 0 Å². The van der Waals surface area contributed by atoms with E-state index in [4.69, 9.17) is 8.37 Å². The topological polar surface area (TPSA) is 18.5 Å². The average Bonchev–Trinajstić information content (AvgIpc) is 2.59. The van der Waals surface area contributed by atoms with E-state index in [1.165, 1.54) is 33.3 Å². The average molecular weight is 351 g/mol. The summed E-state index contributed by atoms with van der Waals surface area (Å²) in [5, 5.41) is 0. The van der Waals surface area contributed by atoms with Crippen LogP contribution < -0.4 is 0 Å². The van der Waals surface area contributed by atoms with Gasteiger partial charge in [0, 0.05) is 11.8 Å². The van der Waals surface area contributed by atoms with Gasteiger partial charge in [0.15, 0.2) is 0 Å². The summed E-state index contributed by atoms with van der Waals surface area (Å²) in [5.74, 6) is 0.773. The molecule has 126 valence electrons. The molecule has 2 atom stereocenters. The predicted molar refractivity (Wildman–Crippen MR) is 104 cm³/mol. The zero-order chi connectivity index (χ0) is 15.6. The van der Waals surface area contributed by atoms with Crippen molar-refractivity contribution >= 4 is 22.1 Å². The van der Waals surface area contributed by atoms with Crippen molar-refractivity contribution in [1.29, 1.82) is 0 Å². The van der Waals surface area contributed by atoms with Crippen molar-refractivity contribution in [1.82, 2.24) is 0 Å². The summed E-state index contributed by atoms with van der Waals surface area (Å²) in [7, 11) is 0. The minimum atomic E-state index is 0. The summed E-state index contributed by atoms with van der Waals surface area (Å²) in [4.78, 5) is 0. The van der Waals surface area contributed by atoms with E-state index < -0.39 is 0 Å². The number of hydrogen-bond donors (Lipinski definition) is 0. The maximum atomic E-state index is 5.59. The van der Waals surface area contributed by atoms with Crippen LogP contribution in [-0.2, 0) is 8.37 Å². The first kappa shape index (κ1) is 20.1. The third-order valence-corrected chi connectivity index (χ3v) is 4.76. The lowest BCUT2D eigenvalue weighted by atomic mass is 10.0. The molecule has 2 aromatic rings. The maximum absolute atomic E-state index is 5.59. The zero-order valence-corrected chi connectivity index (χ0v) is 14.6. The molecule has 0 saturated carbocycles. The van der Waals surface area contributed by atoms with Gasteiger partial charge in [0.1, 0.15) is 0 Å². The van der Waals surface area contributed by atoms with E-state index in [0.717, 1.165) is 0 Å². The second-order valence-electron chi connectivity index (χ2n) is 5.33. The summed E-state index contributed by atoms with van der Waals surface area (Å²) in [6, 6.07) is 20.8. The molecule has 4 heteroatoms. The summed E-state index contributed by atoms with van der Waals surface area (Å²) < 4.78 is 11.2. The van der Waals surface area contributed by atoms with Crippen LogP contribution in [0.5, 0.6) is 0 Å². The van der Waals surface area contributed by atoms with Crippen molar-refractivity contribution in [2.75, 3.05) is 13.2 Å². The van der Waals surface area contributed by atoms with Crippen LogP contribution in [0, 0.1) is 0 Å². The van der Waals surface area contributed by atoms with Gasteiger partial charge < -0.3 is 8.37 Å². The normalized spacial score (nSPS) is 13.1. The van der Waals surface area contributed by atoms with E-state index in [9.17, 15) is 0 Å². The molecule has 0 spiro atoms. The van der Waals surface area contributed by atoms with Gasteiger partial charge >= 0.3 is 0 Å². The maximum Gasteiger partial charge on any atom is 0.0925 e. The van der Waals surface area contributed by atoms with Crippen LogP contribution in [0.3, 0.4) is 0 Å². The largest absolute Gasteiger partial charge is 0.303 e. The first-order valence-corrected chi connectivity index (χ1v) is 9.45. The number of rotatable bonds is 9. The highest BCUT2D eigenvalue weighted by Gasteiger charge is 2.07. The van der Waals surface area contributed by atoms with Crippen molar-refractivity contribution in [3.63, 3.8) is 0 Å². The highest BCUT2D eigenvalue weighted by molar-refractivity contribution is 8.73. The highest BCUT2D eigenvalue weighted by Crippen LogP contribution is 2.28. The molecule has 0 heterocycles. The summed E-state index contributed by atoms with van der Waals surface area (Å²) in [6.07, 6.45) is 0. The Labute approximate surface area is 148 Å². The van der Waals surface area contributed by atoms with Crippen LogP contribution in [-0.4, -0.2) is 13.2 Å². The standard InChI is InChI=1S/C18H22O2S2.CH4/c1-15(17-9-5-3-6-10-17)13-19-21-22-20-14-16(2)18-11-7-4-8-12-18;/h3-12,15-16H,13-14H2,1-2H3;1H4. The van der Waals surface area contributed by atoms with E-state index in [1.54, 1.807) is 0 Å².